The topological polar surface area (TPSA) is 75.4 Å². The Kier molecular flexibility index (Phi) is 28.6. The van der Waals surface area contributed by atoms with Gasteiger partial charge in [-0.05, 0) is 32.7 Å². The molecule has 0 aliphatic heterocycles. The van der Waals surface area contributed by atoms with Crippen LogP contribution in [0.4, 0.5) is 0 Å². The van der Waals surface area contributed by atoms with Gasteiger partial charge in [-0.1, -0.05) is 97.8 Å². The van der Waals surface area contributed by atoms with Crippen LogP contribution in [0.3, 0.4) is 0 Å². The van der Waals surface area contributed by atoms with Crippen LogP contribution in [0.15, 0.2) is 0 Å². The van der Waals surface area contributed by atoms with Crippen molar-refractivity contribution in [3.8, 4) is 0 Å². The Labute approximate surface area is 182 Å². The Morgan fingerprint density at radius 2 is 1.18 bits per heavy atom. The Bertz CT molecular complexity index is 313. The average molecular weight is 423 g/mol. The van der Waals surface area contributed by atoms with Gasteiger partial charge in [-0.25, -0.2) is 0 Å². The van der Waals surface area contributed by atoms with Gasteiger partial charge < -0.3 is 10.8 Å². The largest absolute Gasteiger partial charge is 0.376 e. The molecular weight excluding hydrogens is 372 g/mol. The monoisotopic (exact) mass is 422 g/mol. The van der Waals surface area contributed by atoms with E-state index < -0.39 is 5.72 Å². The number of amides is 1. The van der Waals surface area contributed by atoms with E-state index in [2.05, 4.69) is 19.2 Å². The Morgan fingerprint density at radius 3 is 1.50 bits per heavy atom. The average Bonchev–Trinajstić information content (AvgIpc) is 2.64. The molecule has 0 fully saturated rings. The van der Waals surface area contributed by atoms with E-state index in [0.717, 1.165) is 25.8 Å². The van der Waals surface area contributed by atoms with E-state index in [1.54, 1.807) is 6.92 Å². The third kappa shape index (κ3) is 30.4. The predicted octanol–water partition coefficient (Wildman–Crippen LogP) is 6.48. The van der Waals surface area contributed by atoms with Crippen molar-refractivity contribution in [3.05, 3.63) is 0 Å². The molecule has 0 radical (unpaired) electrons. The van der Waals surface area contributed by atoms with Gasteiger partial charge >= 0.3 is 0 Å². The second kappa shape index (κ2) is 24.7. The maximum absolute atomic E-state index is 10.5. The van der Waals surface area contributed by atoms with Crippen molar-refractivity contribution in [3.63, 3.8) is 0 Å². The minimum atomic E-state index is -0.657. The number of hydrogen-bond acceptors (Lipinski definition) is 3. The number of unbranched alkanes of at least 4 members (excludes halogenated alkanes) is 12. The van der Waals surface area contributed by atoms with Crippen molar-refractivity contribution < 1.29 is 9.90 Å². The van der Waals surface area contributed by atoms with E-state index in [-0.39, 0.29) is 18.3 Å². The van der Waals surface area contributed by atoms with Crippen LogP contribution in [0.2, 0.25) is 0 Å². The molecule has 0 saturated heterocycles. The fourth-order valence-corrected chi connectivity index (χ4v) is 2.84. The molecule has 4 N–H and O–H groups in total. The van der Waals surface area contributed by atoms with E-state index >= 15 is 0 Å². The first-order chi connectivity index (χ1) is 12.9. The van der Waals surface area contributed by atoms with Crippen LogP contribution in [0, 0.1) is 0 Å². The standard InChI is InChI=1S/C16H33NO.C7H17NO.ClH/c1-2-3-4-5-6-7-8-9-10-11-12-13-14-15-16(17)18;1-4-6-8-7(3,9)5-2;/h2-15H2,1H3,(H2,17,18);8-9H,4-6H2,1-3H3;1H. The Balaban J connectivity index is -0.000000530. The van der Waals surface area contributed by atoms with Gasteiger partial charge in [0.15, 0.2) is 0 Å². The molecule has 172 valence electrons. The number of carbonyl (C=O) groups excluding carboxylic acids is 1. The van der Waals surface area contributed by atoms with Crippen LogP contribution in [-0.4, -0.2) is 23.3 Å². The van der Waals surface area contributed by atoms with Crippen LogP contribution < -0.4 is 11.1 Å². The summed E-state index contributed by atoms with van der Waals surface area (Å²) in [4.78, 5) is 10.5. The summed E-state index contributed by atoms with van der Waals surface area (Å²) >= 11 is 0. The zero-order valence-corrected chi connectivity index (χ0v) is 20.2. The molecule has 0 saturated carbocycles. The quantitative estimate of drug-likeness (QED) is 0.175. The van der Waals surface area contributed by atoms with Crippen molar-refractivity contribution in [1.82, 2.24) is 5.32 Å². The molecule has 1 amide bonds. The van der Waals surface area contributed by atoms with Crippen molar-refractivity contribution in [1.29, 1.82) is 0 Å². The van der Waals surface area contributed by atoms with Crippen molar-refractivity contribution >= 4 is 18.3 Å². The van der Waals surface area contributed by atoms with Crippen LogP contribution in [0.5, 0.6) is 0 Å². The third-order valence-corrected chi connectivity index (χ3v) is 4.97. The lowest BCUT2D eigenvalue weighted by Crippen LogP contribution is -2.41. The highest BCUT2D eigenvalue weighted by molar-refractivity contribution is 5.85. The van der Waals surface area contributed by atoms with Gasteiger partial charge in [-0.2, -0.15) is 0 Å². The van der Waals surface area contributed by atoms with Gasteiger partial charge in [0, 0.05) is 6.42 Å². The van der Waals surface area contributed by atoms with E-state index in [4.69, 9.17) is 5.73 Å². The van der Waals surface area contributed by atoms with Crippen LogP contribution >= 0.6 is 12.4 Å². The maximum atomic E-state index is 10.5. The van der Waals surface area contributed by atoms with Crippen LogP contribution in [0.25, 0.3) is 0 Å². The first kappa shape index (κ1) is 32.3. The summed E-state index contributed by atoms with van der Waals surface area (Å²) in [5, 5.41) is 12.4. The number of halogens is 1. The molecule has 0 bridgehead atoms. The predicted molar refractivity (Wildman–Crippen MR) is 126 cm³/mol. The summed E-state index contributed by atoms with van der Waals surface area (Å²) in [6, 6.07) is 0. The molecule has 4 nitrogen and oxygen atoms in total. The van der Waals surface area contributed by atoms with Gasteiger partial charge in [0.2, 0.25) is 5.91 Å². The summed E-state index contributed by atoms with van der Waals surface area (Å²) in [7, 11) is 0. The molecular formula is C23H51ClN2O2. The van der Waals surface area contributed by atoms with Gasteiger partial charge in [0.05, 0.1) is 0 Å². The summed E-state index contributed by atoms with van der Waals surface area (Å²) in [6.07, 6.45) is 19.8. The molecule has 1 unspecified atom stereocenters. The van der Waals surface area contributed by atoms with Crippen molar-refractivity contribution in [2.75, 3.05) is 6.54 Å². The molecule has 0 aliphatic rings. The zero-order chi connectivity index (χ0) is 20.8. The van der Waals surface area contributed by atoms with Gasteiger partial charge in [0.25, 0.3) is 0 Å². The molecule has 0 heterocycles. The molecule has 0 spiro atoms. The van der Waals surface area contributed by atoms with Crippen molar-refractivity contribution in [2.24, 2.45) is 5.73 Å². The highest BCUT2D eigenvalue weighted by atomic mass is 35.5. The van der Waals surface area contributed by atoms with E-state index in [1.165, 1.54) is 77.0 Å². The molecule has 5 heteroatoms. The molecule has 0 aromatic heterocycles. The summed E-state index contributed by atoms with van der Waals surface area (Å²) < 4.78 is 0. The number of carbonyl (C=O) groups is 1. The minimum absolute atomic E-state index is 0. The summed E-state index contributed by atoms with van der Waals surface area (Å²) in [5.41, 5.74) is 4.44. The second-order valence-corrected chi connectivity index (χ2v) is 8.01. The molecule has 0 aromatic carbocycles. The number of aliphatic hydroxyl groups is 1. The maximum Gasteiger partial charge on any atom is 0.217 e. The molecule has 1 atom stereocenters. The van der Waals surface area contributed by atoms with Crippen LogP contribution in [0.1, 0.15) is 130 Å². The lowest BCUT2D eigenvalue weighted by Gasteiger charge is -2.22. The summed E-state index contributed by atoms with van der Waals surface area (Å²) in [5.74, 6) is -0.155. The smallest absolute Gasteiger partial charge is 0.217 e. The minimum Gasteiger partial charge on any atom is -0.376 e. The second-order valence-electron chi connectivity index (χ2n) is 8.01. The number of nitrogens with one attached hydrogen (secondary N) is 1. The normalized spacial score (nSPS) is 12.5. The number of hydrogen-bond donors (Lipinski definition) is 3. The fourth-order valence-electron chi connectivity index (χ4n) is 2.84. The Morgan fingerprint density at radius 1 is 0.786 bits per heavy atom. The summed E-state index contributed by atoms with van der Waals surface area (Å²) in [6.45, 7) is 8.99. The Hall–Kier alpha value is -0.320. The number of nitrogens with two attached hydrogens (primary N) is 1. The first-order valence-corrected chi connectivity index (χ1v) is 11.6. The van der Waals surface area contributed by atoms with Gasteiger partial charge in [-0.3, -0.25) is 10.1 Å². The highest BCUT2D eigenvalue weighted by Crippen LogP contribution is 2.12. The lowest BCUT2D eigenvalue weighted by atomic mass is 10.0. The first-order valence-electron chi connectivity index (χ1n) is 11.6. The number of primary amides is 1. The SMILES string of the molecule is CCCCCCCCCCCCCCCC(N)=O.CCCNC(C)(O)CC.Cl. The fraction of sp³-hybridized carbons (Fsp3) is 0.957. The highest BCUT2D eigenvalue weighted by Gasteiger charge is 2.14. The lowest BCUT2D eigenvalue weighted by molar-refractivity contribution is -0.118. The van der Waals surface area contributed by atoms with Crippen LogP contribution in [-0.2, 0) is 4.79 Å². The van der Waals surface area contributed by atoms with E-state index in [0.29, 0.717) is 6.42 Å². The zero-order valence-electron chi connectivity index (χ0n) is 19.4. The van der Waals surface area contributed by atoms with Gasteiger partial charge in [0.1, 0.15) is 5.72 Å². The molecule has 0 aromatic rings. The third-order valence-electron chi connectivity index (χ3n) is 4.97. The molecule has 0 aliphatic carbocycles. The molecule has 0 rings (SSSR count). The van der Waals surface area contributed by atoms with Crippen molar-refractivity contribution in [2.45, 2.75) is 136 Å². The van der Waals surface area contributed by atoms with E-state index in [9.17, 15) is 9.90 Å². The number of rotatable bonds is 18. The van der Waals surface area contributed by atoms with Gasteiger partial charge in [-0.15, -0.1) is 12.4 Å². The van der Waals surface area contributed by atoms with E-state index in [1.807, 2.05) is 6.92 Å². The molecule has 28 heavy (non-hydrogen) atoms.